The first-order valence-electron chi connectivity index (χ1n) is 4.84. The van der Waals surface area contributed by atoms with Crippen LogP contribution in [0.5, 0.6) is 0 Å². The molecule has 0 aromatic carbocycles. The maximum atomic E-state index is 5.77. The van der Waals surface area contributed by atoms with E-state index in [1.807, 2.05) is 13.1 Å². The molecule has 0 saturated heterocycles. The smallest absolute Gasteiger partial charge is 0.183 e. The average molecular weight is 340 g/mol. The second kappa shape index (κ2) is 5.48. The Morgan fingerprint density at radius 3 is 2.40 bits per heavy atom. The molecule has 5 heteroatoms. The molecule has 0 fully saturated rings. The predicted molar refractivity (Wildman–Crippen MR) is 68.8 cm³/mol. The molecule has 2 N–H and O–H groups in total. The molecule has 1 unspecified atom stereocenters. The summed E-state index contributed by atoms with van der Waals surface area (Å²) in [5, 5.41) is 0. The van der Waals surface area contributed by atoms with Crippen LogP contribution in [0.3, 0.4) is 0 Å². The lowest BCUT2D eigenvalue weighted by molar-refractivity contribution is 0.177. The van der Waals surface area contributed by atoms with Crippen molar-refractivity contribution in [3.05, 3.63) is 21.0 Å². The Morgan fingerprint density at radius 2 is 2.07 bits per heavy atom. The number of halogens is 2. The Kier molecular flexibility index (Phi) is 4.83. The maximum Gasteiger partial charge on any atom is 0.183 e. The Balaban J connectivity index is 2.92. The van der Waals surface area contributed by atoms with E-state index in [4.69, 9.17) is 10.2 Å². The Bertz CT molecular complexity index is 306. The molecule has 1 atom stereocenters. The van der Waals surface area contributed by atoms with Crippen molar-refractivity contribution in [2.75, 3.05) is 13.6 Å². The van der Waals surface area contributed by atoms with Crippen LogP contribution in [-0.4, -0.2) is 24.5 Å². The highest BCUT2D eigenvalue weighted by molar-refractivity contribution is 9.13. The van der Waals surface area contributed by atoms with Crippen LogP contribution in [0.15, 0.2) is 19.6 Å². The normalized spacial score (nSPS) is 13.9. The molecule has 15 heavy (non-hydrogen) atoms. The lowest BCUT2D eigenvalue weighted by atomic mass is 10.1. The first-order chi connectivity index (χ1) is 6.97. The third kappa shape index (κ3) is 3.06. The zero-order valence-electron chi connectivity index (χ0n) is 9.13. The summed E-state index contributed by atoms with van der Waals surface area (Å²) in [7, 11) is 2.05. The van der Waals surface area contributed by atoms with Crippen molar-refractivity contribution < 1.29 is 4.42 Å². The lowest BCUT2D eigenvalue weighted by Gasteiger charge is -2.28. The first-order valence-corrected chi connectivity index (χ1v) is 6.42. The van der Waals surface area contributed by atoms with Gasteiger partial charge in [0.05, 0.1) is 10.5 Å². The molecular formula is C10H16Br2N2O. The van der Waals surface area contributed by atoms with E-state index >= 15 is 0 Å². The molecule has 0 saturated carbocycles. The highest BCUT2D eigenvalue weighted by atomic mass is 79.9. The number of hydrogen-bond acceptors (Lipinski definition) is 3. The first kappa shape index (κ1) is 13.2. The monoisotopic (exact) mass is 338 g/mol. The Labute approximate surface area is 107 Å². The molecule has 1 rings (SSSR count). The third-order valence-corrected chi connectivity index (χ3v) is 4.23. The van der Waals surface area contributed by atoms with Crippen LogP contribution in [-0.2, 0) is 0 Å². The molecule has 0 bridgehead atoms. The average Bonchev–Trinajstić information content (AvgIpc) is 2.47. The van der Waals surface area contributed by atoms with Gasteiger partial charge in [-0.15, -0.1) is 0 Å². The van der Waals surface area contributed by atoms with Crippen molar-refractivity contribution in [1.82, 2.24) is 4.90 Å². The topological polar surface area (TPSA) is 42.4 Å². The van der Waals surface area contributed by atoms with Gasteiger partial charge in [-0.2, -0.15) is 0 Å². The summed E-state index contributed by atoms with van der Waals surface area (Å²) in [5.74, 6) is 0.882. The Morgan fingerprint density at radius 1 is 1.47 bits per heavy atom. The van der Waals surface area contributed by atoms with E-state index < -0.39 is 0 Å². The molecule has 0 aliphatic heterocycles. The van der Waals surface area contributed by atoms with E-state index in [2.05, 4.69) is 50.6 Å². The van der Waals surface area contributed by atoms with E-state index in [-0.39, 0.29) is 6.04 Å². The number of furan rings is 1. The molecule has 0 spiro atoms. The largest absolute Gasteiger partial charge is 0.451 e. The summed E-state index contributed by atoms with van der Waals surface area (Å²) in [6, 6.07) is 2.51. The number of nitrogens with zero attached hydrogens (tertiary/aromatic N) is 1. The summed E-state index contributed by atoms with van der Waals surface area (Å²) in [5.41, 5.74) is 5.77. The van der Waals surface area contributed by atoms with E-state index in [1.165, 1.54) is 0 Å². The van der Waals surface area contributed by atoms with Gasteiger partial charge >= 0.3 is 0 Å². The highest BCUT2D eigenvalue weighted by Crippen LogP contribution is 2.31. The summed E-state index contributed by atoms with van der Waals surface area (Å²) < 4.78 is 7.23. The van der Waals surface area contributed by atoms with Crippen LogP contribution in [0.4, 0.5) is 0 Å². The fraction of sp³-hybridized carbons (Fsp3) is 0.600. The van der Waals surface area contributed by atoms with Gasteiger partial charge in [-0.3, -0.25) is 4.90 Å². The molecule has 1 aromatic rings. The highest BCUT2D eigenvalue weighted by Gasteiger charge is 2.22. The van der Waals surface area contributed by atoms with Crippen LogP contribution in [0.25, 0.3) is 0 Å². The van der Waals surface area contributed by atoms with Gasteiger partial charge in [0.1, 0.15) is 5.76 Å². The molecule has 0 amide bonds. The van der Waals surface area contributed by atoms with Crippen molar-refractivity contribution >= 4 is 31.9 Å². The Hall–Kier alpha value is 0.160. The summed E-state index contributed by atoms with van der Waals surface area (Å²) >= 11 is 6.73. The zero-order valence-corrected chi connectivity index (χ0v) is 12.3. The fourth-order valence-corrected chi connectivity index (χ4v) is 1.98. The molecule has 0 radical (unpaired) electrons. The fourth-order valence-electron chi connectivity index (χ4n) is 1.37. The minimum absolute atomic E-state index is 0.118. The molecule has 0 aliphatic rings. The van der Waals surface area contributed by atoms with E-state index in [0.29, 0.717) is 17.3 Å². The minimum Gasteiger partial charge on any atom is -0.451 e. The quantitative estimate of drug-likeness (QED) is 0.916. The van der Waals surface area contributed by atoms with Gasteiger partial charge in [0.25, 0.3) is 0 Å². The third-order valence-electron chi connectivity index (χ3n) is 2.52. The van der Waals surface area contributed by atoms with Crippen molar-refractivity contribution in [2.24, 2.45) is 5.73 Å². The summed E-state index contributed by atoms with van der Waals surface area (Å²) in [6.07, 6.45) is 0. The summed E-state index contributed by atoms with van der Waals surface area (Å²) in [4.78, 5) is 2.19. The van der Waals surface area contributed by atoms with Crippen LogP contribution in [0.2, 0.25) is 0 Å². The molecule has 0 aliphatic carbocycles. The zero-order chi connectivity index (χ0) is 11.6. The van der Waals surface area contributed by atoms with Gasteiger partial charge in [0.2, 0.25) is 0 Å². The molecule has 86 valence electrons. The molecule has 1 heterocycles. The van der Waals surface area contributed by atoms with Gasteiger partial charge in [0, 0.05) is 12.6 Å². The number of rotatable bonds is 4. The lowest BCUT2D eigenvalue weighted by Crippen LogP contribution is -2.35. The van der Waals surface area contributed by atoms with Gasteiger partial charge in [-0.1, -0.05) is 0 Å². The van der Waals surface area contributed by atoms with Crippen molar-refractivity contribution in [1.29, 1.82) is 0 Å². The van der Waals surface area contributed by atoms with E-state index in [9.17, 15) is 0 Å². The second-order valence-corrected chi connectivity index (χ2v) is 5.36. The minimum atomic E-state index is 0.118. The van der Waals surface area contributed by atoms with Gasteiger partial charge in [-0.25, -0.2) is 0 Å². The summed E-state index contributed by atoms with van der Waals surface area (Å²) in [6.45, 7) is 4.81. The van der Waals surface area contributed by atoms with Gasteiger partial charge in [0.15, 0.2) is 4.67 Å². The number of nitrogens with two attached hydrogens (primary N) is 1. The van der Waals surface area contributed by atoms with Crippen LogP contribution in [0, 0.1) is 0 Å². The van der Waals surface area contributed by atoms with Gasteiger partial charge < -0.3 is 10.2 Å². The standard InChI is InChI=1S/C10H16Br2N2O/c1-6(2)14(3)8(5-13)9-4-7(11)10(12)15-9/h4,6,8H,5,13H2,1-3H3. The van der Waals surface area contributed by atoms with Crippen LogP contribution in [0.1, 0.15) is 25.6 Å². The number of likely N-dealkylation sites (N-methyl/N-ethyl adjacent to an activating group) is 1. The van der Waals surface area contributed by atoms with Crippen molar-refractivity contribution in [2.45, 2.75) is 25.9 Å². The van der Waals surface area contributed by atoms with Crippen LogP contribution >= 0.6 is 31.9 Å². The van der Waals surface area contributed by atoms with Crippen molar-refractivity contribution in [3.8, 4) is 0 Å². The van der Waals surface area contributed by atoms with E-state index in [0.717, 1.165) is 10.2 Å². The van der Waals surface area contributed by atoms with Crippen LogP contribution < -0.4 is 5.73 Å². The maximum absolute atomic E-state index is 5.77. The van der Waals surface area contributed by atoms with E-state index in [1.54, 1.807) is 0 Å². The predicted octanol–water partition coefficient (Wildman–Crippen LogP) is 3.14. The second-order valence-electron chi connectivity index (χ2n) is 3.78. The van der Waals surface area contributed by atoms with Gasteiger partial charge in [-0.05, 0) is 58.8 Å². The molecule has 3 nitrogen and oxygen atoms in total. The SMILES string of the molecule is CC(C)N(C)C(CN)c1cc(Br)c(Br)o1. The number of hydrogen-bond donors (Lipinski definition) is 1. The van der Waals surface area contributed by atoms with Crippen molar-refractivity contribution in [3.63, 3.8) is 0 Å². The molecule has 1 aromatic heterocycles. The molecular weight excluding hydrogens is 324 g/mol.